The summed E-state index contributed by atoms with van der Waals surface area (Å²) in [6.45, 7) is 0. The number of alkyl halides is 1. The number of nitrogens with zero attached hydrogens (tertiary/aromatic N) is 1. The molecule has 1 aromatic carbocycles. The molecule has 0 aliphatic rings. The number of hydrogen-bond donors (Lipinski definition) is 0. The Balaban J connectivity index is 2.41. The molecule has 0 aliphatic heterocycles. The Bertz CT molecular complexity index is 497. The number of hydrogen-bond acceptors (Lipinski definition) is 1. The van der Waals surface area contributed by atoms with Crippen molar-refractivity contribution < 1.29 is 8.78 Å². The van der Waals surface area contributed by atoms with E-state index in [0.717, 1.165) is 0 Å². The first kappa shape index (κ1) is 11.0. The van der Waals surface area contributed by atoms with Gasteiger partial charge >= 0.3 is 0 Å². The molecule has 0 fully saturated rings. The zero-order chi connectivity index (χ0) is 11.5. The van der Waals surface area contributed by atoms with Crippen LogP contribution < -0.4 is 0 Å². The van der Waals surface area contributed by atoms with Gasteiger partial charge in [0.15, 0.2) is 0 Å². The van der Waals surface area contributed by atoms with Gasteiger partial charge in [-0.25, -0.2) is 8.78 Å². The standard InChI is InChI=1S/C12H8ClF2N/c13-6-12-11(15)5-9(7-16-12)8-1-3-10(14)4-2-8/h1-5,7H,6H2. The van der Waals surface area contributed by atoms with Crippen LogP contribution >= 0.6 is 11.6 Å². The van der Waals surface area contributed by atoms with Gasteiger partial charge in [-0.3, -0.25) is 4.98 Å². The van der Waals surface area contributed by atoms with Gasteiger partial charge in [-0.2, -0.15) is 0 Å². The highest BCUT2D eigenvalue weighted by molar-refractivity contribution is 6.16. The van der Waals surface area contributed by atoms with Crippen LogP contribution in [0, 0.1) is 11.6 Å². The molecule has 1 heterocycles. The second-order valence-corrected chi connectivity index (χ2v) is 3.56. The molecule has 0 unspecified atom stereocenters. The maximum atomic E-state index is 13.4. The highest BCUT2D eigenvalue weighted by Gasteiger charge is 2.05. The second-order valence-electron chi connectivity index (χ2n) is 3.29. The summed E-state index contributed by atoms with van der Waals surface area (Å²) in [7, 11) is 0. The summed E-state index contributed by atoms with van der Waals surface area (Å²) in [6.07, 6.45) is 1.52. The maximum Gasteiger partial charge on any atom is 0.146 e. The molecular formula is C12H8ClF2N. The molecule has 82 valence electrons. The minimum atomic E-state index is -0.447. The monoisotopic (exact) mass is 239 g/mol. The summed E-state index contributed by atoms with van der Waals surface area (Å²) in [4.78, 5) is 3.89. The quantitative estimate of drug-likeness (QED) is 0.727. The number of rotatable bonds is 2. The van der Waals surface area contributed by atoms with Gasteiger partial charge in [-0.1, -0.05) is 12.1 Å². The van der Waals surface area contributed by atoms with E-state index in [-0.39, 0.29) is 17.4 Å². The van der Waals surface area contributed by atoms with Gasteiger partial charge in [0.1, 0.15) is 11.6 Å². The third-order valence-corrected chi connectivity index (χ3v) is 2.47. The van der Waals surface area contributed by atoms with Crippen molar-refractivity contribution in [1.82, 2.24) is 4.98 Å². The average molecular weight is 240 g/mol. The molecule has 0 spiro atoms. The Kier molecular flexibility index (Phi) is 3.15. The van der Waals surface area contributed by atoms with Crippen LogP contribution in [-0.4, -0.2) is 4.98 Å². The second kappa shape index (κ2) is 4.58. The van der Waals surface area contributed by atoms with Gasteiger partial charge in [0.25, 0.3) is 0 Å². The van der Waals surface area contributed by atoms with Crippen LogP contribution in [0.3, 0.4) is 0 Å². The zero-order valence-electron chi connectivity index (χ0n) is 8.25. The lowest BCUT2D eigenvalue weighted by molar-refractivity contribution is 0.608. The Morgan fingerprint density at radius 1 is 1.06 bits per heavy atom. The molecule has 0 saturated heterocycles. The molecule has 0 saturated carbocycles. The summed E-state index contributed by atoms with van der Waals surface area (Å²) >= 11 is 5.50. The molecule has 2 rings (SSSR count). The van der Waals surface area contributed by atoms with E-state index in [0.29, 0.717) is 11.1 Å². The molecule has 2 aromatic rings. The predicted octanol–water partition coefficient (Wildman–Crippen LogP) is 3.77. The fraction of sp³-hybridized carbons (Fsp3) is 0.0833. The minimum Gasteiger partial charge on any atom is -0.256 e. The Morgan fingerprint density at radius 2 is 1.75 bits per heavy atom. The lowest BCUT2D eigenvalue weighted by Gasteiger charge is -2.03. The summed E-state index contributed by atoms with van der Waals surface area (Å²) in [5.41, 5.74) is 1.54. The highest BCUT2D eigenvalue weighted by atomic mass is 35.5. The van der Waals surface area contributed by atoms with E-state index in [9.17, 15) is 8.78 Å². The van der Waals surface area contributed by atoms with Crippen molar-refractivity contribution in [2.45, 2.75) is 5.88 Å². The van der Waals surface area contributed by atoms with Crippen molar-refractivity contribution in [1.29, 1.82) is 0 Å². The van der Waals surface area contributed by atoms with Crippen molar-refractivity contribution in [2.75, 3.05) is 0 Å². The van der Waals surface area contributed by atoms with Crippen molar-refractivity contribution in [3.63, 3.8) is 0 Å². The van der Waals surface area contributed by atoms with Gasteiger partial charge in [0.05, 0.1) is 11.6 Å². The van der Waals surface area contributed by atoms with Crippen molar-refractivity contribution >= 4 is 11.6 Å². The Hall–Kier alpha value is -1.48. The summed E-state index contributed by atoms with van der Waals surface area (Å²) in [5.74, 6) is -0.735. The fourth-order valence-corrected chi connectivity index (χ4v) is 1.56. The van der Waals surface area contributed by atoms with Crippen molar-refractivity contribution in [3.8, 4) is 11.1 Å². The van der Waals surface area contributed by atoms with E-state index < -0.39 is 5.82 Å². The third kappa shape index (κ3) is 2.19. The average Bonchev–Trinajstić information content (AvgIpc) is 2.30. The van der Waals surface area contributed by atoms with Crippen LogP contribution in [0.15, 0.2) is 36.5 Å². The smallest absolute Gasteiger partial charge is 0.146 e. The van der Waals surface area contributed by atoms with E-state index in [2.05, 4.69) is 4.98 Å². The molecular weight excluding hydrogens is 232 g/mol. The summed E-state index contributed by atoms with van der Waals surface area (Å²) < 4.78 is 26.1. The molecule has 1 nitrogen and oxygen atoms in total. The van der Waals surface area contributed by atoms with Gasteiger partial charge in [0, 0.05) is 11.8 Å². The maximum absolute atomic E-state index is 13.4. The van der Waals surface area contributed by atoms with E-state index in [1.807, 2.05) is 0 Å². The van der Waals surface area contributed by atoms with Crippen LogP contribution in [0.5, 0.6) is 0 Å². The molecule has 0 amide bonds. The lowest BCUT2D eigenvalue weighted by Crippen LogP contribution is -1.92. The molecule has 16 heavy (non-hydrogen) atoms. The van der Waals surface area contributed by atoms with Crippen molar-refractivity contribution in [2.24, 2.45) is 0 Å². The van der Waals surface area contributed by atoms with E-state index in [1.54, 1.807) is 12.1 Å². The molecule has 0 bridgehead atoms. The molecule has 0 N–H and O–H groups in total. The van der Waals surface area contributed by atoms with Crippen LogP contribution in [0.25, 0.3) is 11.1 Å². The van der Waals surface area contributed by atoms with E-state index in [4.69, 9.17) is 11.6 Å². The molecule has 1 aromatic heterocycles. The predicted molar refractivity (Wildman–Crippen MR) is 59.1 cm³/mol. The first-order chi connectivity index (χ1) is 7.70. The van der Waals surface area contributed by atoms with Crippen LogP contribution in [0.2, 0.25) is 0 Å². The Labute approximate surface area is 96.7 Å². The molecule has 4 heteroatoms. The topological polar surface area (TPSA) is 12.9 Å². The number of halogens is 3. The molecule has 0 radical (unpaired) electrons. The molecule has 0 atom stereocenters. The zero-order valence-corrected chi connectivity index (χ0v) is 9.01. The molecule has 0 aliphatic carbocycles. The number of pyridine rings is 1. The summed E-state index contributed by atoms with van der Waals surface area (Å²) in [6, 6.07) is 7.14. The SMILES string of the molecule is Fc1ccc(-c2cnc(CCl)c(F)c2)cc1. The highest BCUT2D eigenvalue weighted by Crippen LogP contribution is 2.21. The van der Waals surface area contributed by atoms with E-state index >= 15 is 0 Å². The largest absolute Gasteiger partial charge is 0.256 e. The van der Waals surface area contributed by atoms with E-state index in [1.165, 1.54) is 24.4 Å². The first-order valence-corrected chi connectivity index (χ1v) is 5.20. The third-order valence-electron chi connectivity index (χ3n) is 2.22. The van der Waals surface area contributed by atoms with Gasteiger partial charge in [0.2, 0.25) is 0 Å². The minimum absolute atomic E-state index is 0.0372. The number of aromatic nitrogens is 1. The summed E-state index contributed by atoms with van der Waals surface area (Å²) in [5, 5.41) is 0. The Morgan fingerprint density at radius 3 is 2.31 bits per heavy atom. The number of benzene rings is 1. The van der Waals surface area contributed by atoms with Crippen LogP contribution in [-0.2, 0) is 5.88 Å². The fourth-order valence-electron chi connectivity index (χ4n) is 1.36. The van der Waals surface area contributed by atoms with Crippen molar-refractivity contribution in [3.05, 3.63) is 53.9 Å². The van der Waals surface area contributed by atoms with Gasteiger partial charge in [-0.15, -0.1) is 11.6 Å². The first-order valence-electron chi connectivity index (χ1n) is 4.67. The van der Waals surface area contributed by atoms with Crippen LogP contribution in [0.4, 0.5) is 8.78 Å². The van der Waals surface area contributed by atoms with Gasteiger partial charge < -0.3 is 0 Å². The van der Waals surface area contributed by atoms with Gasteiger partial charge in [-0.05, 0) is 23.8 Å². The lowest BCUT2D eigenvalue weighted by atomic mass is 10.1. The van der Waals surface area contributed by atoms with Crippen LogP contribution in [0.1, 0.15) is 5.69 Å². The normalized spacial score (nSPS) is 10.4.